The molecule has 1 heterocycles. The van der Waals surface area contributed by atoms with Gasteiger partial charge in [-0.15, -0.1) is 0 Å². The molecule has 1 aliphatic rings. The van der Waals surface area contributed by atoms with E-state index in [1.165, 1.54) is 6.26 Å². The highest BCUT2D eigenvalue weighted by molar-refractivity contribution is 14.1. The maximum Gasteiger partial charge on any atom is 0.211 e. The second-order valence-electron chi connectivity index (χ2n) is 3.01. The maximum atomic E-state index is 11.1. The predicted molar refractivity (Wildman–Crippen MR) is 53.4 cm³/mol. The molecule has 0 amide bonds. The van der Waals surface area contributed by atoms with Crippen molar-refractivity contribution in [3.63, 3.8) is 0 Å². The minimum atomic E-state index is -2.96. The number of rotatable bonds is 1. The maximum absolute atomic E-state index is 11.1. The lowest BCUT2D eigenvalue weighted by molar-refractivity contribution is 0.412. The molecule has 11 heavy (non-hydrogen) atoms. The first-order valence-corrected chi connectivity index (χ1v) is 6.61. The zero-order valence-corrected chi connectivity index (χ0v) is 9.59. The molecule has 0 aromatic carbocycles. The minimum absolute atomic E-state index is 0.187. The van der Waals surface area contributed by atoms with Crippen molar-refractivity contribution in [3.05, 3.63) is 0 Å². The first-order chi connectivity index (χ1) is 4.91. The predicted octanol–water partition coefficient (Wildman–Crippen LogP) is 0.844. The largest absolute Gasteiger partial charge is 0.212 e. The van der Waals surface area contributed by atoms with Gasteiger partial charge in [0.25, 0.3) is 0 Å². The standard InChI is InChI=1S/C6H12INO2S/c1-5-3-6(7)4-8(5)11(2,9)10/h5-6H,3-4H2,1-2H3/t5-,6-/m1/s1. The van der Waals surface area contributed by atoms with Gasteiger partial charge in [0.2, 0.25) is 10.0 Å². The van der Waals surface area contributed by atoms with Gasteiger partial charge in [-0.2, -0.15) is 4.31 Å². The first-order valence-electron chi connectivity index (χ1n) is 3.52. The summed E-state index contributed by atoms with van der Waals surface area (Å²) in [4.78, 5) is 0. The van der Waals surface area contributed by atoms with Crippen molar-refractivity contribution in [1.29, 1.82) is 0 Å². The Morgan fingerprint density at radius 1 is 1.55 bits per heavy atom. The average molecular weight is 289 g/mol. The fraction of sp³-hybridized carbons (Fsp3) is 1.00. The van der Waals surface area contributed by atoms with E-state index >= 15 is 0 Å². The number of halogens is 1. The van der Waals surface area contributed by atoms with E-state index < -0.39 is 10.0 Å². The van der Waals surface area contributed by atoms with Crippen LogP contribution in [0.2, 0.25) is 0 Å². The average Bonchev–Trinajstić information content (AvgIpc) is 2.08. The Bertz CT molecular complexity index is 239. The molecular formula is C6H12INO2S. The molecule has 66 valence electrons. The lowest BCUT2D eigenvalue weighted by atomic mass is 10.3. The monoisotopic (exact) mass is 289 g/mol. The molecule has 1 rings (SSSR count). The van der Waals surface area contributed by atoms with Crippen LogP contribution in [0.5, 0.6) is 0 Å². The van der Waals surface area contributed by atoms with Crippen LogP contribution in [0.25, 0.3) is 0 Å². The molecule has 0 aromatic rings. The second kappa shape index (κ2) is 3.18. The molecule has 0 aliphatic carbocycles. The fourth-order valence-corrected chi connectivity index (χ4v) is 4.02. The number of hydrogen-bond acceptors (Lipinski definition) is 2. The highest BCUT2D eigenvalue weighted by Crippen LogP contribution is 2.25. The number of sulfonamides is 1. The minimum Gasteiger partial charge on any atom is -0.212 e. The Labute approximate surface area is 81.3 Å². The Kier molecular flexibility index (Phi) is 2.81. The summed E-state index contributed by atoms with van der Waals surface area (Å²) in [5.74, 6) is 0. The van der Waals surface area contributed by atoms with E-state index in [0.717, 1.165) is 6.42 Å². The summed E-state index contributed by atoms with van der Waals surface area (Å²) in [5.41, 5.74) is 0. The quantitative estimate of drug-likeness (QED) is 0.530. The van der Waals surface area contributed by atoms with Crippen molar-refractivity contribution < 1.29 is 8.42 Å². The van der Waals surface area contributed by atoms with Crippen LogP contribution in [0, 0.1) is 0 Å². The number of nitrogens with zero attached hydrogens (tertiary/aromatic N) is 1. The van der Waals surface area contributed by atoms with Crippen LogP contribution >= 0.6 is 22.6 Å². The lowest BCUT2D eigenvalue weighted by Crippen LogP contribution is -2.32. The molecule has 0 N–H and O–H groups in total. The third kappa shape index (κ3) is 2.29. The lowest BCUT2D eigenvalue weighted by Gasteiger charge is -2.17. The third-order valence-electron chi connectivity index (χ3n) is 1.89. The zero-order chi connectivity index (χ0) is 8.65. The van der Waals surface area contributed by atoms with E-state index in [1.807, 2.05) is 6.92 Å². The Hall–Kier alpha value is 0.640. The zero-order valence-electron chi connectivity index (χ0n) is 6.62. The summed E-state index contributed by atoms with van der Waals surface area (Å²) in [6.45, 7) is 2.64. The normalized spacial score (nSPS) is 34.5. The van der Waals surface area contributed by atoms with E-state index in [2.05, 4.69) is 22.6 Å². The molecule has 1 saturated heterocycles. The third-order valence-corrected chi connectivity index (χ3v) is 4.16. The van der Waals surface area contributed by atoms with Gasteiger partial charge in [0.1, 0.15) is 0 Å². The molecule has 1 aliphatic heterocycles. The van der Waals surface area contributed by atoms with Crippen molar-refractivity contribution in [1.82, 2.24) is 4.31 Å². The molecule has 1 fully saturated rings. The fourth-order valence-electron chi connectivity index (χ4n) is 1.40. The Morgan fingerprint density at radius 3 is 2.27 bits per heavy atom. The molecule has 0 bridgehead atoms. The molecule has 0 radical (unpaired) electrons. The molecule has 0 spiro atoms. The first kappa shape index (κ1) is 9.73. The smallest absolute Gasteiger partial charge is 0.211 e. The van der Waals surface area contributed by atoms with Gasteiger partial charge in [-0.1, -0.05) is 22.6 Å². The van der Waals surface area contributed by atoms with Crippen molar-refractivity contribution >= 4 is 32.6 Å². The van der Waals surface area contributed by atoms with E-state index in [4.69, 9.17) is 0 Å². The van der Waals surface area contributed by atoms with Crippen LogP contribution in [0.4, 0.5) is 0 Å². The molecular weight excluding hydrogens is 277 g/mol. The Morgan fingerprint density at radius 2 is 2.09 bits per heavy atom. The van der Waals surface area contributed by atoms with Crippen molar-refractivity contribution in [2.45, 2.75) is 23.3 Å². The Balaban J connectivity index is 2.76. The highest BCUT2D eigenvalue weighted by Gasteiger charge is 2.32. The number of hydrogen-bond donors (Lipinski definition) is 0. The summed E-state index contributed by atoms with van der Waals surface area (Å²) < 4.78 is 24.3. The van der Waals surface area contributed by atoms with Gasteiger partial charge in [0.15, 0.2) is 0 Å². The van der Waals surface area contributed by atoms with Gasteiger partial charge in [-0.05, 0) is 13.3 Å². The molecule has 0 saturated carbocycles. The van der Waals surface area contributed by atoms with Crippen LogP contribution in [-0.2, 0) is 10.0 Å². The summed E-state index contributed by atoms with van der Waals surface area (Å²) in [7, 11) is -2.96. The van der Waals surface area contributed by atoms with Gasteiger partial charge in [0.05, 0.1) is 6.26 Å². The van der Waals surface area contributed by atoms with Crippen LogP contribution < -0.4 is 0 Å². The van der Waals surface area contributed by atoms with Crippen LogP contribution in [0.3, 0.4) is 0 Å². The van der Waals surface area contributed by atoms with Gasteiger partial charge < -0.3 is 0 Å². The molecule has 2 atom stereocenters. The van der Waals surface area contributed by atoms with Crippen LogP contribution in [0.1, 0.15) is 13.3 Å². The van der Waals surface area contributed by atoms with Crippen molar-refractivity contribution in [3.8, 4) is 0 Å². The second-order valence-corrected chi connectivity index (χ2v) is 6.71. The van der Waals surface area contributed by atoms with E-state index in [9.17, 15) is 8.42 Å². The molecule has 5 heteroatoms. The van der Waals surface area contributed by atoms with E-state index in [0.29, 0.717) is 10.5 Å². The van der Waals surface area contributed by atoms with Gasteiger partial charge in [-0.3, -0.25) is 0 Å². The summed E-state index contributed by atoms with van der Waals surface area (Å²) >= 11 is 2.30. The number of alkyl halides is 1. The van der Waals surface area contributed by atoms with Crippen molar-refractivity contribution in [2.24, 2.45) is 0 Å². The summed E-state index contributed by atoms with van der Waals surface area (Å²) in [6, 6.07) is 0.187. The summed E-state index contributed by atoms with van der Waals surface area (Å²) in [6.07, 6.45) is 2.26. The van der Waals surface area contributed by atoms with Gasteiger partial charge in [0, 0.05) is 16.5 Å². The van der Waals surface area contributed by atoms with Crippen molar-refractivity contribution in [2.75, 3.05) is 12.8 Å². The van der Waals surface area contributed by atoms with Gasteiger partial charge in [-0.25, -0.2) is 8.42 Å². The molecule has 0 unspecified atom stereocenters. The van der Waals surface area contributed by atoms with Gasteiger partial charge >= 0.3 is 0 Å². The highest BCUT2D eigenvalue weighted by atomic mass is 127. The molecule has 0 aromatic heterocycles. The van der Waals surface area contributed by atoms with E-state index in [-0.39, 0.29) is 6.04 Å². The van der Waals surface area contributed by atoms with E-state index in [1.54, 1.807) is 4.31 Å². The van der Waals surface area contributed by atoms with Crippen LogP contribution in [0.15, 0.2) is 0 Å². The molecule has 3 nitrogen and oxygen atoms in total. The summed E-state index contributed by atoms with van der Waals surface area (Å²) in [5, 5.41) is 0. The topological polar surface area (TPSA) is 37.4 Å². The SMILES string of the molecule is C[C@@H]1C[C@@H](I)CN1S(C)(=O)=O. The van der Waals surface area contributed by atoms with Crippen LogP contribution in [-0.4, -0.2) is 35.5 Å².